The molecule has 0 atom stereocenters. The van der Waals surface area contributed by atoms with Crippen LogP contribution in [0.15, 0.2) is 42.6 Å². The monoisotopic (exact) mass is 541 g/mol. The Morgan fingerprint density at radius 2 is 1.82 bits per heavy atom. The maximum absolute atomic E-state index is 13.6. The number of alkyl halides is 3. The van der Waals surface area contributed by atoms with E-state index in [-0.39, 0.29) is 23.6 Å². The van der Waals surface area contributed by atoms with Gasteiger partial charge in [-0.15, -0.1) is 0 Å². The number of phenolic OH excluding ortho intramolecular Hbond substituents is 1. The van der Waals surface area contributed by atoms with Crippen LogP contribution in [-0.2, 0) is 19.8 Å². The van der Waals surface area contributed by atoms with E-state index in [1.54, 1.807) is 12.1 Å². The molecule has 0 radical (unpaired) electrons. The predicted molar refractivity (Wildman–Crippen MR) is 142 cm³/mol. The Hall–Kier alpha value is -4.19. The molecule has 1 amide bonds. The number of anilines is 1. The maximum Gasteiger partial charge on any atom is 0.449 e. The van der Waals surface area contributed by atoms with E-state index in [0.717, 1.165) is 35.2 Å². The minimum atomic E-state index is -4.61. The highest BCUT2D eigenvalue weighted by Crippen LogP contribution is 2.30. The number of nitrogens with zero attached hydrogens (tertiary/aromatic N) is 6. The number of carbonyl (C=O) groups excluding carboxylic acids is 1. The molecule has 0 aliphatic carbocycles. The van der Waals surface area contributed by atoms with Crippen molar-refractivity contribution in [1.29, 1.82) is 0 Å². The number of rotatable bonds is 8. The van der Waals surface area contributed by atoms with Crippen molar-refractivity contribution in [3.8, 4) is 17.1 Å². The van der Waals surface area contributed by atoms with Crippen LogP contribution in [0.2, 0.25) is 0 Å². The van der Waals surface area contributed by atoms with Crippen molar-refractivity contribution in [3.05, 3.63) is 65.4 Å². The van der Waals surface area contributed by atoms with Crippen LogP contribution in [0.1, 0.15) is 27.6 Å². The number of carbonyl (C=O) groups is 1. The normalized spacial score (nSPS) is 11.8. The number of benzene rings is 1. The van der Waals surface area contributed by atoms with Crippen molar-refractivity contribution in [2.45, 2.75) is 19.6 Å². The Morgan fingerprint density at radius 1 is 1.08 bits per heavy atom. The summed E-state index contributed by atoms with van der Waals surface area (Å²) in [6, 6.07) is 9.82. The van der Waals surface area contributed by atoms with Gasteiger partial charge in [0, 0.05) is 32.6 Å². The molecule has 0 aliphatic rings. The van der Waals surface area contributed by atoms with Crippen LogP contribution in [0.4, 0.5) is 18.9 Å². The van der Waals surface area contributed by atoms with Crippen molar-refractivity contribution in [2.75, 3.05) is 39.5 Å². The molecule has 206 valence electrons. The molecule has 1 aromatic carbocycles. The molecule has 3 heterocycles. The third-order valence-electron chi connectivity index (χ3n) is 6.33. The second-order valence-corrected chi connectivity index (χ2v) is 9.61. The lowest BCUT2D eigenvalue weighted by Crippen LogP contribution is -2.28. The van der Waals surface area contributed by atoms with Crippen LogP contribution in [0.25, 0.3) is 22.3 Å². The quantitative estimate of drug-likeness (QED) is 0.343. The van der Waals surface area contributed by atoms with E-state index in [4.69, 9.17) is 0 Å². The molecule has 4 rings (SSSR count). The van der Waals surface area contributed by atoms with E-state index in [9.17, 15) is 23.1 Å². The highest BCUT2D eigenvalue weighted by atomic mass is 19.4. The van der Waals surface area contributed by atoms with E-state index in [1.807, 2.05) is 33.2 Å². The standard InChI is InChI=1S/C27H30F3N7O2/c1-16-21(31-10-11-35(2)3)8-9-23(33-16)24-13-20(19-12-18(38)6-7-22(19)34-24)25(39)36(4)15-17-14-32-26(37(17)5)27(28,29)30/h6-9,12-14,31,38H,10-11,15H2,1-5H3. The molecular weight excluding hydrogens is 511 g/mol. The van der Waals surface area contributed by atoms with Crippen LogP contribution in [0.3, 0.4) is 0 Å². The van der Waals surface area contributed by atoms with Gasteiger partial charge in [-0.25, -0.2) is 15.0 Å². The molecule has 39 heavy (non-hydrogen) atoms. The van der Waals surface area contributed by atoms with Crippen molar-refractivity contribution in [2.24, 2.45) is 7.05 Å². The summed E-state index contributed by atoms with van der Waals surface area (Å²) in [4.78, 5) is 29.8. The van der Waals surface area contributed by atoms with Gasteiger partial charge in [0.05, 0.1) is 52.3 Å². The Kier molecular flexibility index (Phi) is 7.77. The fraction of sp³-hybridized carbons (Fsp3) is 0.333. The first kappa shape index (κ1) is 27.8. The number of imidazole rings is 1. The van der Waals surface area contributed by atoms with E-state index >= 15 is 0 Å². The fourth-order valence-electron chi connectivity index (χ4n) is 4.20. The lowest BCUT2D eigenvalue weighted by atomic mass is 10.0. The summed E-state index contributed by atoms with van der Waals surface area (Å²) in [6.45, 7) is 3.37. The Bertz CT molecular complexity index is 1520. The zero-order chi connectivity index (χ0) is 28.5. The van der Waals surface area contributed by atoms with Gasteiger partial charge in [-0.05, 0) is 57.4 Å². The van der Waals surface area contributed by atoms with Crippen molar-refractivity contribution < 1.29 is 23.1 Å². The van der Waals surface area contributed by atoms with Gasteiger partial charge in [-0.3, -0.25) is 4.79 Å². The number of likely N-dealkylation sites (N-methyl/N-ethyl adjacent to an activating group) is 1. The number of amides is 1. The SMILES string of the molecule is Cc1nc(-c2cc(C(=O)N(C)Cc3cnc(C(F)(F)F)n3C)c3cc(O)ccc3n2)ccc1NCCN(C)C. The van der Waals surface area contributed by atoms with Crippen LogP contribution < -0.4 is 5.32 Å². The molecule has 0 fully saturated rings. The first-order chi connectivity index (χ1) is 18.3. The minimum absolute atomic E-state index is 0.0441. The summed E-state index contributed by atoms with van der Waals surface area (Å²) in [5, 5.41) is 13.9. The summed E-state index contributed by atoms with van der Waals surface area (Å²) in [5.74, 6) is -1.54. The second kappa shape index (κ2) is 10.9. The van der Waals surface area contributed by atoms with E-state index in [1.165, 1.54) is 31.1 Å². The summed E-state index contributed by atoms with van der Waals surface area (Å²) in [7, 11) is 6.74. The molecule has 12 heteroatoms. The molecule has 3 aromatic heterocycles. The summed E-state index contributed by atoms with van der Waals surface area (Å²) in [6.07, 6.45) is -3.50. The second-order valence-electron chi connectivity index (χ2n) is 9.61. The molecule has 2 N–H and O–H groups in total. The first-order valence-corrected chi connectivity index (χ1v) is 12.2. The number of aromatic hydroxyl groups is 1. The Morgan fingerprint density at radius 3 is 2.46 bits per heavy atom. The molecule has 0 saturated carbocycles. The molecule has 0 saturated heterocycles. The largest absolute Gasteiger partial charge is 0.508 e. The summed E-state index contributed by atoms with van der Waals surface area (Å²) < 4.78 is 40.5. The average Bonchev–Trinajstić information content (AvgIpc) is 3.24. The lowest BCUT2D eigenvalue weighted by Gasteiger charge is -2.20. The van der Waals surface area contributed by atoms with Gasteiger partial charge in [-0.2, -0.15) is 13.2 Å². The highest BCUT2D eigenvalue weighted by molar-refractivity contribution is 6.07. The number of hydrogen-bond acceptors (Lipinski definition) is 7. The molecule has 4 aromatic rings. The zero-order valence-electron chi connectivity index (χ0n) is 22.3. The van der Waals surface area contributed by atoms with Crippen molar-refractivity contribution in [3.63, 3.8) is 0 Å². The zero-order valence-corrected chi connectivity index (χ0v) is 22.3. The molecule has 9 nitrogen and oxygen atoms in total. The maximum atomic E-state index is 13.6. The third-order valence-corrected chi connectivity index (χ3v) is 6.33. The number of fused-ring (bicyclic) bond motifs is 1. The highest BCUT2D eigenvalue weighted by Gasteiger charge is 2.36. The molecular formula is C27H30F3N7O2. The van der Waals surface area contributed by atoms with Gasteiger partial charge in [0.1, 0.15) is 5.75 Å². The van der Waals surface area contributed by atoms with Gasteiger partial charge in [0.2, 0.25) is 5.82 Å². The Balaban J connectivity index is 1.68. The number of phenols is 1. The summed E-state index contributed by atoms with van der Waals surface area (Å²) >= 11 is 0. The van der Waals surface area contributed by atoms with Crippen LogP contribution in [0, 0.1) is 6.92 Å². The molecule has 0 aliphatic heterocycles. The predicted octanol–water partition coefficient (Wildman–Crippen LogP) is 4.31. The number of aromatic nitrogens is 4. The van der Waals surface area contributed by atoms with E-state index < -0.39 is 17.9 Å². The number of halogens is 3. The first-order valence-electron chi connectivity index (χ1n) is 12.2. The third kappa shape index (κ3) is 6.11. The summed E-state index contributed by atoms with van der Waals surface area (Å²) in [5.41, 5.74) is 3.58. The lowest BCUT2D eigenvalue weighted by molar-refractivity contribution is -0.146. The van der Waals surface area contributed by atoms with Gasteiger partial charge in [0.25, 0.3) is 5.91 Å². The number of hydrogen-bond donors (Lipinski definition) is 2. The number of nitrogens with one attached hydrogen (secondary N) is 1. The van der Waals surface area contributed by atoms with Crippen LogP contribution in [0.5, 0.6) is 5.75 Å². The number of aryl methyl sites for hydroxylation is 1. The topological polar surface area (TPSA) is 99.4 Å². The minimum Gasteiger partial charge on any atom is -0.508 e. The van der Waals surface area contributed by atoms with E-state index in [0.29, 0.717) is 22.3 Å². The van der Waals surface area contributed by atoms with Gasteiger partial charge < -0.3 is 24.8 Å². The number of pyridine rings is 2. The van der Waals surface area contributed by atoms with Gasteiger partial charge in [-0.1, -0.05) is 0 Å². The van der Waals surface area contributed by atoms with E-state index in [2.05, 4.69) is 25.2 Å². The molecule has 0 bridgehead atoms. The van der Waals surface area contributed by atoms with Gasteiger partial charge in [0.15, 0.2) is 0 Å². The smallest absolute Gasteiger partial charge is 0.449 e. The van der Waals surface area contributed by atoms with Gasteiger partial charge >= 0.3 is 6.18 Å². The van der Waals surface area contributed by atoms with Crippen molar-refractivity contribution >= 4 is 22.5 Å². The average molecular weight is 542 g/mol. The molecule has 0 spiro atoms. The molecule has 0 unspecified atom stereocenters. The van der Waals surface area contributed by atoms with Crippen LogP contribution in [-0.4, -0.2) is 74.6 Å². The Labute approximate surface area is 223 Å². The fourth-order valence-corrected chi connectivity index (χ4v) is 4.20. The van der Waals surface area contributed by atoms with Crippen molar-refractivity contribution in [1.82, 2.24) is 29.3 Å². The van der Waals surface area contributed by atoms with Crippen LogP contribution >= 0.6 is 0 Å².